The summed E-state index contributed by atoms with van der Waals surface area (Å²) in [5.74, 6) is -0.301. The van der Waals surface area contributed by atoms with Gasteiger partial charge in [-0.25, -0.2) is 14.6 Å². The Hall–Kier alpha value is -2.97. The second-order valence-electron chi connectivity index (χ2n) is 8.72. The highest BCUT2D eigenvalue weighted by molar-refractivity contribution is 5.89. The molecule has 0 aliphatic rings. The number of rotatable bonds is 19. The van der Waals surface area contributed by atoms with E-state index >= 15 is 0 Å². The monoisotopic (exact) mass is 508 g/mol. The van der Waals surface area contributed by atoms with Gasteiger partial charge in [0.1, 0.15) is 11.4 Å². The summed E-state index contributed by atoms with van der Waals surface area (Å²) in [6, 6.07) is 2.59. The first-order valence-electron chi connectivity index (χ1n) is 13.1. The van der Waals surface area contributed by atoms with Crippen LogP contribution in [-0.2, 0) is 14.2 Å². The van der Waals surface area contributed by atoms with E-state index in [2.05, 4.69) is 22.0 Å². The Kier molecular flexibility index (Phi) is 17.5. The van der Waals surface area contributed by atoms with Crippen molar-refractivity contribution in [3.63, 3.8) is 0 Å². The summed E-state index contributed by atoms with van der Waals surface area (Å²) in [6.45, 7) is 2.51. The normalized spacial score (nSPS) is 10.9. The molecule has 0 spiro atoms. The lowest BCUT2D eigenvalue weighted by Gasteiger charge is -2.11. The van der Waals surface area contributed by atoms with Crippen molar-refractivity contribution < 1.29 is 33.6 Å². The van der Waals surface area contributed by atoms with Gasteiger partial charge in [-0.1, -0.05) is 90.4 Å². The number of carbonyl (C=O) groups is 2. The van der Waals surface area contributed by atoms with E-state index in [0.717, 1.165) is 25.7 Å². The minimum Gasteiger partial charge on any atom is -0.504 e. The van der Waals surface area contributed by atoms with Gasteiger partial charge in [-0.3, -0.25) is 5.32 Å². The first kappa shape index (κ1) is 31.1. The van der Waals surface area contributed by atoms with Crippen LogP contribution in [0.4, 0.5) is 21.0 Å². The molecule has 9 nitrogen and oxygen atoms in total. The molecule has 1 aromatic rings. The fourth-order valence-electron chi connectivity index (χ4n) is 3.69. The highest BCUT2D eigenvalue weighted by Crippen LogP contribution is 2.38. The third kappa shape index (κ3) is 14.4. The van der Waals surface area contributed by atoms with Crippen LogP contribution in [0.3, 0.4) is 0 Å². The van der Waals surface area contributed by atoms with Gasteiger partial charge in [0.2, 0.25) is 0 Å². The van der Waals surface area contributed by atoms with Crippen LogP contribution in [0.25, 0.3) is 0 Å². The van der Waals surface area contributed by atoms with Crippen molar-refractivity contribution in [1.82, 2.24) is 0 Å². The summed E-state index contributed by atoms with van der Waals surface area (Å²) in [4.78, 5) is 27.5. The minimum absolute atomic E-state index is 0.0283. The number of aliphatic imine (C=N–C) groups is 1. The number of phenols is 1. The zero-order valence-electron chi connectivity index (χ0n) is 22.2. The van der Waals surface area contributed by atoms with Crippen LogP contribution in [0, 0.1) is 0 Å². The summed E-state index contributed by atoms with van der Waals surface area (Å²) in [6.07, 6.45) is 16.9. The molecule has 204 valence electrons. The predicted octanol–water partition coefficient (Wildman–Crippen LogP) is 7.87. The van der Waals surface area contributed by atoms with Crippen LogP contribution >= 0.6 is 0 Å². The lowest BCUT2D eigenvalue weighted by atomic mass is 10.0. The molecule has 36 heavy (non-hydrogen) atoms. The molecule has 0 saturated heterocycles. The average Bonchev–Trinajstić information content (AvgIpc) is 2.87. The fourth-order valence-corrected chi connectivity index (χ4v) is 3.69. The second-order valence-corrected chi connectivity index (χ2v) is 8.72. The number of aromatic hydroxyl groups is 1. The van der Waals surface area contributed by atoms with Crippen molar-refractivity contribution in [3.05, 3.63) is 12.1 Å². The molecule has 9 heteroatoms. The number of hydrogen-bond donors (Lipinski definition) is 2. The number of amides is 1. The quantitative estimate of drug-likeness (QED) is 0.0487. The van der Waals surface area contributed by atoms with Crippen LogP contribution in [0.15, 0.2) is 17.1 Å². The Morgan fingerprint density at radius 3 is 1.97 bits per heavy atom. The van der Waals surface area contributed by atoms with E-state index in [9.17, 15) is 14.7 Å². The van der Waals surface area contributed by atoms with Crippen LogP contribution in [0.2, 0.25) is 0 Å². The van der Waals surface area contributed by atoms with Crippen molar-refractivity contribution in [1.29, 1.82) is 0 Å². The van der Waals surface area contributed by atoms with Crippen molar-refractivity contribution in [2.75, 3.05) is 26.1 Å². The summed E-state index contributed by atoms with van der Waals surface area (Å²) in [7, 11) is 2.58. The zero-order chi connectivity index (χ0) is 26.4. The molecule has 0 radical (unpaired) electrons. The van der Waals surface area contributed by atoms with Gasteiger partial charge in [-0.05, 0) is 6.42 Å². The largest absolute Gasteiger partial charge is 0.513 e. The highest BCUT2D eigenvalue weighted by Gasteiger charge is 2.16. The van der Waals surface area contributed by atoms with Crippen LogP contribution < -0.4 is 10.1 Å². The summed E-state index contributed by atoms with van der Waals surface area (Å²) in [5.41, 5.74) is -0.0112. The van der Waals surface area contributed by atoms with Gasteiger partial charge in [0.05, 0.1) is 26.5 Å². The summed E-state index contributed by atoms with van der Waals surface area (Å²) in [5, 5.41) is 12.6. The third-order valence-electron chi connectivity index (χ3n) is 5.70. The maximum absolute atomic E-state index is 12.1. The summed E-state index contributed by atoms with van der Waals surface area (Å²) >= 11 is 0. The first-order chi connectivity index (χ1) is 17.5. The van der Waals surface area contributed by atoms with Crippen LogP contribution in [-0.4, -0.2) is 44.6 Å². The zero-order valence-corrected chi connectivity index (χ0v) is 22.2. The molecule has 0 saturated carbocycles. The van der Waals surface area contributed by atoms with Crippen molar-refractivity contribution in [2.45, 2.75) is 96.8 Å². The van der Waals surface area contributed by atoms with E-state index in [1.54, 1.807) is 0 Å². The van der Waals surface area contributed by atoms with Gasteiger partial charge >= 0.3 is 12.2 Å². The molecule has 0 unspecified atom stereocenters. The average molecular weight is 509 g/mol. The lowest BCUT2D eigenvalue weighted by Crippen LogP contribution is -2.13. The molecule has 0 aliphatic carbocycles. The molecular weight excluding hydrogens is 464 g/mol. The number of carbonyl (C=O) groups excluding carboxylic acids is 2. The molecule has 1 aromatic carbocycles. The van der Waals surface area contributed by atoms with E-state index in [-0.39, 0.29) is 29.5 Å². The molecule has 0 fully saturated rings. The minimum atomic E-state index is -0.874. The number of phenolic OH excluding ortho intramolecular Hbond substituents is 1. The Labute approximate surface area is 215 Å². The van der Waals surface area contributed by atoms with E-state index < -0.39 is 12.2 Å². The van der Waals surface area contributed by atoms with Crippen molar-refractivity contribution >= 4 is 30.0 Å². The van der Waals surface area contributed by atoms with Crippen LogP contribution in [0.1, 0.15) is 96.8 Å². The smallest absolute Gasteiger partial charge is 0.504 e. The van der Waals surface area contributed by atoms with Gasteiger partial charge in [0.15, 0.2) is 12.2 Å². The highest BCUT2D eigenvalue weighted by atomic mass is 16.7. The maximum Gasteiger partial charge on any atom is 0.513 e. The van der Waals surface area contributed by atoms with E-state index in [1.165, 1.54) is 97.0 Å². The van der Waals surface area contributed by atoms with E-state index in [4.69, 9.17) is 14.2 Å². The Morgan fingerprint density at radius 1 is 0.889 bits per heavy atom. The number of hydrogen-bond acceptors (Lipinski definition) is 8. The molecule has 0 atom stereocenters. The van der Waals surface area contributed by atoms with Gasteiger partial charge in [0.25, 0.3) is 0 Å². The van der Waals surface area contributed by atoms with E-state index in [0.29, 0.717) is 0 Å². The number of nitrogens with zero attached hydrogens (tertiary/aromatic N) is 1. The molecule has 2 N–H and O–H groups in total. The van der Waals surface area contributed by atoms with E-state index in [1.807, 2.05) is 0 Å². The topological polar surface area (TPSA) is 116 Å². The van der Waals surface area contributed by atoms with Gasteiger partial charge in [-0.15, -0.1) is 0 Å². The van der Waals surface area contributed by atoms with Gasteiger partial charge in [-0.2, -0.15) is 0 Å². The fraction of sp³-hybridized carbons (Fsp3) is 0.667. The number of ether oxygens (including phenoxy) is 4. The van der Waals surface area contributed by atoms with Gasteiger partial charge in [0, 0.05) is 12.1 Å². The van der Waals surface area contributed by atoms with Crippen molar-refractivity contribution in [2.24, 2.45) is 4.99 Å². The SMILES string of the molecule is CCCCCCCCCCCCCCCCOC(=O)Oc1cc(N=COC)c(O)c(NC(=O)OC)c1. The molecular formula is C27H44N2O7. The number of anilines is 1. The Balaban J connectivity index is 2.24. The molecule has 1 amide bonds. The number of unbranched alkanes of at least 4 members (excludes halogenated alkanes) is 13. The third-order valence-corrected chi connectivity index (χ3v) is 5.70. The predicted molar refractivity (Wildman–Crippen MR) is 142 cm³/mol. The number of nitrogens with one attached hydrogen (secondary N) is 1. The van der Waals surface area contributed by atoms with Crippen molar-refractivity contribution in [3.8, 4) is 11.5 Å². The molecule has 0 aliphatic heterocycles. The maximum atomic E-state index is 12.1. The number of methoxy groups -OCH3 is 2. The Morgan fingerprint density at radius 2 is 1.44 bits per heavy atom. The summed E-state index contributed by atoms with van der Waals surface area (Å²) < 4.78 is 19.6. The lowest BCUT2D eigenvalue weighted by molar-refractivity contribution is 0.0973. The second kappa shape index (κ2) is 20.2. The molecule has 0 heterocycles. The number of benzene rings is 1. The van der Waals surface area contributed by atoms with Crippen LogP contribution in [0.5, 0.6) is 11.5 Å². The van der Waals surface area contributed by atoms with Gasteiger partial charge < -0.3 is 24.1 Å². The molecule has 0 bridgehead atoms. The standard InChI is InChI=1S/C27H44N2O7/c1-4-5-6-7-8-9-10-11-12-13-14-15-16-17-18-35-27(32)36-22-19-23(28-21-33-2)25(30)24(20-22)29-26(31)34-3/h19-21,30H,4-18H2,1-3H3,(H,29,31). The first-order valence-corrected chi connectivity index (χ1v) is 13.1. The Bertz CT molecular complexity index is 784. The molecule has 1 rings (SSSR count). The molecule has 0 aromatic heterocycles.